The Bertz CT molecular complexity index is 808. The van der Waals surface area contributed by atoms with Crippen LogP contribution in [-0.4, -0.2) is 16.2 Å². The molecule has 1 N–H and O–H groups in total. The van der Waals surface area contributed by atoms with E-state index in [1.807, 2.05) is 19.9 Å². The minimum atomic E-state index is -0.280. The minimum Gasteiger partial charge on any atom is -0.443 e. The third-order valence-electron chi connectivity index (χ3n) is 2.95. The maximum Gasteiger partial charge on any atom is 0.247 e. The van der Waals surface area contributed by atoms with Gasteiger partial charge in [-0.2, -0.15) is 10.1 Å². The summed E-state index contributed by atoms with van der Waals surface area (Å²) in [7, 11) is 0. The highest BCUT2D eigenvalue weighted by atomic mass is 19.1. The van der Waals surface area contributed by atoms with Gasteiger partial charge in [-0.15, -0.1) is 0 Å². The molecule has 0 aliphatic rings. The zero-order valence-electron chi connectivity index (χ0n) is 11.6. The average Bonchev–Trinajstić information content (AvgIpc) is 2.82. The summed E-state index contributed by atoms with van der Waals surface area (Å²) in [4.78, 5) is 8.54. The summed E-state index contributed by atoms with van der Waals surface area (Å²) in [5.74, 6) is 0.861. The van der Waals surface area contributed by atoms with E-state index in [1.165, 1.54) is 12.1 Å². The molecule has 0 radical (unpaired) electrons. The van der Waals surface area contributed by atoms with E-state index in [9.17, 15) is 4.39 Å². The molecule has 3 aromatic rings. The third-order valence-corrected chi connectivity index (χ3v) is 2.95. The van der Waals surface area contributed by atoms with Gasteiger partial charge in [-0.25, -0.2) is 14.8 Å². The molecule has 3 rings (SSSR count). The Morgan fingerprint density at radius 2 is 1.95 bits per heavy atom. The fraction of sp³-hybridized carbons (Fsp3) is 0.133. The van der Waals surface area contributed by atoms with Crippen molar-refractivity contribution >= 4 is 23.3 Å². The Kier molecular flexibility index (Phi) is 3.35. The van der Waals surface area contributed by atoms with Crippen LogP contribution >= 0.6 is 0 Å². The van der Waals surface area contributed by atoms with E-state index >= 15 is 0 Å². The van der Waals surface area contributed by atoms with Gasteiger partial charge in [-0.3, -0.25) is 0 Å². The van der Waals surface area contributed by atoms with E-state index in [-0.39, 0.29) is 5.82 Å². The number of halogens is 1. The van der Waals surface area contributed by atoms with E-state index in [2.05, 4.69) is 20.5 Å². The Morgan fingerprint density at radius 3 is 2.71 bits per heavy atom. The summed E-state index contributed by atoms with van der Waals surface area (Å²) >= 11 is 0. The highest BCUT2D eigenvalue weighted by Crippen LogP contribution is 2.20. The molecule has 0 atom stereocenters. The molecular formula is C15H13FN4O. The van der Waals surface area contributed by atoms with Crippen LogP contribution in [0.4, 0.5) is 10.3 Å². The molecule has 0 saturated heterocycles. The van der Waals surface area contributed by atoms with E-state index in [1.54, 1.807) is 18.3 Å². The molecule has 6 heteroatoms. The molecule has 2 aromatic heterocycles. The zero-order valence-corrected chi connectivity index (χ0v) is 11.6. The predicted molar refractivity (Wildman–Crippen MR) is 78.9 cm³/mol. The van der Waals surface area contributed by atoms with Crippen LogP contribution in [-0.2, 0) is 0 Å². The van der Waals surface area contributed by atoms with Crippen LogP contribution in [0.15, 0.2) is 39.9 Å². The first-order valence-corrected chi connectivity index (χ1v) is 6.41. The van der Waals surface area contributed by atoms with Gasteiger partial charge in [-0.05, 0) is 37.6 Å². The number of anilines is 1. The Labute approximate surface area is 120 Å². The van der Waals surface area contributed by atoms with Crippen LogP contribution in [0, 0.1) is 19.7 Å². The lowest BCUT2D eigenvalue weighted by atomic mass is 10.2. The van der Waals surface area contributed by atoms with Crippen LogP contribution in [0.1, 0.15) is 17.0 Å². The second-order valence-electron chi connectivity index (χ2n) is 4.63. The van der Waals surface area contributed by atoms with Crippen molar-refractivity contribution in [2.45, 2.75) is 13.8 Å². The van der Waals surface area contributed by atoms with Crippen LogP contribution < -0.4 is 5.43 Å². The van der Waals surface area contributed by atoms with Crippen molar-refractivity contribution in [3.63, 3.8) is 0 Å². The SMILES string of the molecule is Cc1cc2c(C)nc(NN=Cc3ccc(F)cc3)nc2o1. The van der Waals surface area contributed by atoms with Gasteiger partial charge in [0.05, 0.1) is 17.3 Å². The molecule has 1 aromatic carbocycles. The number of hydrogen-bond donors (Lipinski definition) is 1. The summed E-state index contributed by atoms with van der Waals surface area (Å²) < 4.78 is 18.3. The fourth-order valence-electron chi connectivity index (χ4n) is 1.95. The number of fused-ring (bicyclic) bond motifs is 1. The number of nitrogens with one attached hydrogen (secondary N) is 1. The number of aromatic nitrogens is 2. The Morgan fingerprint density at radius 1 is 1.19 bits per heavy atom. The van der Waals surface area contributed by atoms with Gasteiger partial charge >= 0.3 is 0 Å². The molecule has 106 valence electrons. The fourth-order valence-corrected chi connectivity index (χ4v) is 1.95. The normalized spacial score (nSPS) is 11.4. The van der Waals surface area contributed by atoms with E-state index in [0.29, 0.717) is 11.7 Å². The number of nitrogens with zero attached hydrogens (tertiary/aromatic N) is 3. The minimum absolute atomic E-state index is 0.280. The van der Waals surface area contributed by atoms with Crippen molar-refractivity contribution in [1.29, 1.82) is 0 Å². The maximum absolute atomic E-state index is 12.8. The summed E-state index contributed by atoms with van der Waals surface area (Å²) in [6.45, 7) is 3.74. The molecule has 5 nitrogen and oxygen atoms in total. The van der Waals surface area contributed by atoms with Crippen LogP contribution in [0.25, 0.3) is 11.1 Å². The molecule has 0 fully saturated rings. The zero-order chi connectivity index (χ0) is 14.8. The van der Waals surface area contributed by atoms with Gasteiger partial charge in [0, 0.05) is 0 Å². The molecule has 0 unspecified atom stereocenters. The average molecular weight is 284 g/mol. The highest BCUT2D eigenvalue weighted by molar-refractivity contribution is 5.80. The van der Waals surface area contributed by atoms with Crippen molar-refractivity contribution in [3.05, 3.63) is 53.2 Å². The van der Waals surface area contributed by atoms with Gasteiger partial charge in [-0.1, -0.05) is 12.1 Å². The third kappa shape index (κ3) is 2.89. The standard InChI is InChI=1S/C15H13FN4O/c1-9-7-13-10(2)18-15(19-14(13)21-9)20-17-8-11-3-5-12(16)6-4-11/h3-8H,1-2H3,(H,18,19,20). The number of aryl methyl sites for hydroxylation is 2. The number of hydrogen-bond acceptors (Lipinski definition) is 5. The first-order valence-electron chi connectivity index (χ1n) is 6.41. The number of hydrazone groups is 1. The van der Waals surface area contributed by atoms with Crippen LogP contribution in [0.3, 0.4) is 0 Å². The molecule has 0 saturated carbocycles. The topological polar surface area (TPSA) is 63.3 Å². The lowest BCUT2D eigenvalue weighted by Crippen LogP contribution is -1.98. The van der Waals surface area contributed by atoms with Crippen molar-refractivity contribution in [2.75, 3.05) is 5.43 Å². The summed E-state index contributed by atoms with van der Waals surface area (Å²) in [5, 5.41) is 4.92. The van der Waals surface area contributed by atoms with Gasteiger partial charge < -0.3 is 4.42 Å². The first-order chi connectivity index (χ1) is 10.1. The lowest BCUT2D eigenvalue weighted by molar-refractivity contribution is 0.567. The van der Waals surface area contributed by atoms with Crippen LogP contribution in [0.2, 0.25) is 0 Å². The molecular weight excluding hydrogens is 271 g/mol. The molecule has 21 heavy (non-hydrogen) atoms. The number of benzene rings is 1. The highest BCUT2D eigenvalue weighted by Gasteiger charge is 2.08. The van der Waals surface area contributed by atoms with Crippen molar-refractivity contribution in [3.8, 4) is 0 Å². The number of rotatable bonds is 3. The first kappa shape index (κ1) is 13.2. The van der Waals surface area contributed by atoms with Crippen molar-refractivity contribution in [2.24, 2.45) is 5.10 Å². The molecule has 0 aliphatic carbocycles. The van der Waals surface area contributed by atoms with E-state index in [0.717, 1.165) is 22.4 Å². The predicted octanol–water partition coefficient (Wildman–Crippen LogP) is 3.42. The molecule has 2 heterocycles. The Balaban J connectivity index is 1.80. The lowest BCUT2D eigenvalue weighted by Gasteiger charge is -2.00. The summed E-state index contributed by atoms with van der Waals surface area (Å²) in [5.41, 5.74) is 4.86. The van der Waals surface area contributed by atoms with Crippen molar-refractivity contribution in [1.82, 2.24) is 9.97 Å². The van der Waals surface area contributed by atoms with Crippen molar-refractivity contribution < 1.29 is 8.81 Å². The monoisotopic (exact) mass is 284 g/mol. The quantitative estimate of drug-likeness (QED) is 0.591. The Hall–Kier alpha value is -2.76. The van der Waals surface area contributed by atoms with Gasteiger partial charge in [0.2, 0.25) is 11.7 Å². The second-order valence-corrected chi connectivity index (χ2v) is 4.63. The summed E-state index contributed by atoms with van der Waals surface area (Å²) in [6, 6.07) is 7.91. The van der Waals surface area contributed by atoms with E-state index in [4.69, 9.17) is 4.42 Å². The largest absolute Gasteiger partial charge is 0.443 e. The smallest absolute Gasteiger partial charge is 0.247 e. The molecule has 0 amide bonds. The molecule has 0 bridgehead atoms. The summed E-state index contributed by atoms with van der Waals surface area (Å²) in [6.07, 6.45) is 1.57. The van der Waals surface area contributed by atoms with Gasteiger partial charge in [0.25, 0.3) is 0 Å². The second kappa shape index (κ2) is 5.32. The molecule has 0 spiro atoms. The van der Waals surface area contributed by atoms with Gasteiger partial charge in [0.15, 0.2) is 0 Å². The van der Waals surface area contributed by atoms with Crippen LogP contribution in [0.5, 0.6) is 0 Å². The molecule has 0 aliphatic heterocycles. The maximum atomic E-state index is 12.8. The van der Waals surface area contributed by atoms with Gasteiger partial charge in [0.1, 0.15) is 11.6 Å². The van der Waals surface area contributed by atoms with E-state index < -0.39 is 0 Å². The number of furan rings is 1.